The zero-order valence-corrected chi connectivity index (χ0v) is 15.7. The van der Waals surface area contributed by atoms with E-state index in [1.807, 2.05) is 30.3 Å². The second kappa shape index (κ2) is 7.65. The molecule has 1 saturated heterocycles. The molecule has 1 aromatic carbocycles. The number of rotatable bonds is 3. The number of para-hydroxylation sites is 1. The molecule has 1 aliphatic carbocycles. The molecule has 1 N–H and O–H groups in total. The largest absolute Gasteiger partial charge is 0.356 e. The van der Waals surface area contributed by atoms with Crippen molar-refractivity contribution in [3.63, 3.8) is 0 Å². The van der Waals surface area contributed by atoms with Gasteiger partial charge in [-0.1, -0.05) is 44.4 Å². The molecule has 0 radical (unpaired) electrons. The lowest BCUT2D eigenvalue weighted by molar-refractivity contribution is 0.0929. The summed E-state index contributed by atoms with van der Waals surface area (Å²) in [6, 6.07) is 10.4. The number of piperidine rings is 1. The molecule has 26 heavy (non-hydrogen) atoms. The number of pyridine rings is 1. The molecule has 1 aliphatic heterocycles. The van der Waals surface area contributed by atoms with E-state index in [0.717, 1.165) is 48.2 Å². The molecule has 4 nitrogen and oxygen atoms in total. The van der Waals surface area contributed by atoms with Crippen molar-refractivity contribution in [2.75, 3.05) is 18.0 Å². The van der Waals surface area contributed by atoms with Gasteiger partial charge < -0.3 is 10.2 Å². The molecule has 2 fully saturated rings. The number of fused-ring (bicyclic) bond motifs is 1. The number of carbonyl (C=O) groups excluding carboxylic acids is 1. The van der Waals surface area contributed by atoms with Gasteiger partial charge >= 0.3 is 0 Å². The van der Waals surface area contributed by atoms with E-state index in [1.54, 1.807) is 0 Å². The Labute approximate surface area is 156 Å². The zero-order chi connectivity index (χ0) is 17.9. The van der Waals surface area contributed by atoms with Gasteiger partial charge in [0.2, 0.25) is 0 Å². The Kier molecular flexibility index (Phi) is 5.09. The minimum Gasteiger partial charge on any atom is -0.356 e. The van der Waals surface area contributed by atoms with Crippen LogP contribution < -0.4 is 10.2 Å². The van der Waals surface area contributed by atoms with Crippen LogP contribution in [0.3, 0.4) is 0 Å². The summed E-state index contributed by atoms with van der Waals surface area (Å²) in [5, 5.41) is 4.23. The minimum atomic E-state index is 0.0572. The smallest absolute Gasteiger partial charge is 0.252 e. The van der Waals surface area contributed by atoms with Crippen molar-refractivity contribution in [2.45, 2.75) is 57.9 Å². The van der Waals surface area contributed by atoms with Gasteiger partial charge in [-0.25, -0.2) is 4.98 Å². The molecule has 1 aromatic heterocycles. The average Bonchev–Trinajstić information content (AvgIpc) is 2.68. The number of nitrogens with one attached hydrogen (secondary N) is 1. The van der Waals surface area contributed by atoms with E-state index < -0.39 is 0 Å². The monoisotopic (exact) mass is 351 g/mol. The summed E-state index contributed by atoms with van der Waals surface area (Å²) in [5.41, 5.74) is 1.69. The maximum atomic E-state index is 13.1. The van der Waals surface area contributed by atoms with Gasteiger partial charge in [-0.15, -0.1) is 0 Å². The van der Waals surface area contributed by atoms with Crippen molar-refractivity contribution in [1.29, 1.82) is 0 Å². The van der Waals surface area contributed by atoms with Gasteiger partial charge in [0, 0.05) is 24.5 Å². The van der Waals surface area contributed by atoms with E-state index >= 15 is 0 Å². The molecular weight excluding hydrogens is 322 g/mol. The van der Waals surface area contributed by atoms with Crippen LogP contribution >= 0.6 is 0 Å². The van der Waals surface area contributed by atoms with E-state index in [9.17, 15) is 4.79 Å². The van der Waals surface area contributed by atoms with Crippen LogP contribution in [-0.4, -0.2) is 30.0 Å². The van der Waals surface area contributed by atoms with Gasteiger partial charge in [-0.3, -0.25) is 4.79 Å². The number of benzene rings is 1. The van der Waals surface area contributed by atoms with Gasteiger partial charge in [-0.05, 0) is 43.7 Å². The highest BCUT2D eigenvalue weighted by molar-refractivity contribution is 6.07. The van der Waals surface area contributed by atoms with Crippen molar-refractivity contribution in [3.05, 3.63) is 35.9 Å². The average molecular weight is 351 g/mol. The van der Waals surface area contributed by atoms with E-state index in [2.05, 4.69) is 17.1 Å². The maximum Gasteiger partial charge on any atom is 0.252 e. The number of amides is 1. The first kappa shape index (κ1) is 17.3. The minimum absolute atomic E-state index is 0.0572. The third kappa shape index (κ3) is 3.69. The summed E-state index contributed by atoms with van der Waals surface area (Å²) in [5.74, 6) is 1.68. The molecule has 1 amide bonds. The van der Waals surface area contributed by atoms with Crippen LogP contribution in [-0.2, 0) is 0 Å². The normalized spacial score (nSPS) is 21.7. The molecule has 2 aromatic rings. The molecule has 1 unspecified atom stereocenters. The number of carbonyl (C=O) groups is 1. The fourth-order valence-corrected chi connectivity index (χ4v) is 4.42. The Morgan fingerprint density at radius 3 is 2.73 bits per heavy atom. The lowest BCUT2D eigenvalue weighted by atomic mass is 9.95. The lowest BCUT2D eigenvalue weighted by Gasteiger charge is -2.32. The molecular formula is C22H29N3O. The second-order valence-electron chi connectivity index (χ2n) is 8.05. The Morgan fingerprint density at radius 2 is 1.92 bits per heavy atom. The van der Waals surface area contributed by atoms with Crippen LogP contribution in [0, 0.1) is 5.92 Å². The molecule has 138 valence electrons. The first-order chi connectivity index (χ1) is 12.7. The molecule has 1 saturated carbocycles. The third-order valence-electron chi connectivity index (χ3n) is 5.87. The second-order valence-corrected chi connectivity index (χ2v) is 8.05. The molecule has 2 aliphatic rings. The topological polar surface area (TPSA) is 45.2 Å². The summed E-state index contributed by atoms with van der Waals surface area (Å²) < 4.78 is 0. The number of anilines is 1. The molecule has 4 rings (SSSR count). The van der Waals surface area contributed by atoms with E-state index in [1.165, 1.54) is 32.1 Å². The van der Waals surface area contributed by atoms with Crippen molar-refractivity contribution >= 4 is 22.6 Å². The number of nitrogens with zero attached hydrogens (tertiary/aromatic N) is 2. The standard InChI is InChI=1S/C22H29N3O/c1-16-8-7-13-25(15-16)21-14-19(18-11-5-6-12-20(18)24-21)22(26)23-17-9-3-2-4-10-17/h5-6,11-12,14,16-17H,2-4,7-10,13,15H2,1H3,(H,23,26). The maximum absolute atomic E-state index is 13.1. The Balaban J connectivity index is 1.66. The molecule has 0 spiro atoms. The molecule has 1 atom stereocenters. The van der Waals surface area contributed by atoms with Gasteiger partial charge in [0.05, 0.1) is 11.1 Å². The highest BCUT2D eigenvalue weighted by Gasteiger charge is 2.22. The van der Waals surface area contributed by atoms with Gasteiger partial charge in [0.25, 0.3) is 5.91 Å². The van der Waals surface area contributed by atoms with Crippen LogP contribution in [0.5, 0.6) is 0 Å². The predicted octanol–water partition coefficient (Wildman–Crippen LogP) is 4.53. The molecule has 4 heteroatoms. The number of aromatic nitrogens is 1. The fourth-order valence-electron chi connectivity index (χ4n) is 4.42. The Bertz CT molecular complexity index is 782. The SMILES string of the molecule is CC1CCCN(c2cc(C(=O)NC3CCCCC3)c3ccccc3n2)C1. The number of hydrogen-bond donors (Lipinski definition) is 1. The lowest BCUT2D eigenvalue weighted by Crippen LogP contribution is -2.37. The van der Waals surface area contributed by atoms with Gasteiger partial charge in [-0.2, -0.15) is 0 Å². The molecule has 0 bridgehead atoms. The highest BCUT2D eigenvalue weighted by Crippen LogP contribution is 2.27. The van der Waals surface area contributed by atoms with Gasteiger partial charge in [0.1, 0.15) is 5.82 Å². The molecule has 2 heterocycles. The summed E-state index contributed by atoms with van der Waals surface area (Å²) >= 11 is 0. The van der Waals surface area contributed by atoms with Crippen LogP contribution in [0.25, 0.3) is 10.9 Å². The Morgan fingerprint density at radius 1 is 1.12 bits per heavy atom. The zero-order valence-electron chi connectivity index (χ0n) is 15.7. The van der Waals surface area contributed by atoms with E-state index in [0.29, 0.717) is 12.0 Å². The third-order valence-corrected chi connectivity index (χ3v) is 5.87. The van der Waals surface area contributed by atoms with Crippen molar-refractivity contribution in [2.24, 2.45) is 5.92 Å². The van der Waals surface area contributed by atoms with Crippen LogP contribution in [0.1, 0.15) is 62.2 Å². The first-order valence-electron chi connectivity index (χ1n) is 10.2. The van der Waals surface area contributed by atoms with Crippen LogP contribution in [0.2, 0.25) is 0 Å². The van der Waals surface area contributed by atoms with Crippen molar-refractivity contribution < 1.29 is 4.79 Å². The summed E-state index contributed by atoms with van der Waals surface area (Å²) in [4.78, 5) is 20.3. The first-order valence-corrected chi connectivity index (χ1v) is 10.2. The predicted molar refractivity (Wildman–Crippen MR) is 107 cm³/mol. The summed E-state index contributed by atoms with van der Waals surface area (Å²) in [6.07, 6.45) is 8.41. The van der Waals surface area contributed by atoms with E-state index in [4.69, 9.17) is 4.98 Å². The van der Waals surface area contributed by atoms with Gasteiger partial charge in [0.15, 0.2) is 0 Å². The van der Waals surface area contributed by atoms with Crippen LogP contribution in [0.15, 0.2) is 30.3 Å². The fraction of sp³-hybridized carbons (Fsp3) is 0.545. The van der Waals surface area contributed by atoms with Crippen LogP contribution in [0.4, 0.5) is 5.82 Å². The Hall–Kier alpha value is -2.10. The quantitative estimate of drug-likeness (QED) is 0.883. The summed E-state index contributed by atoms with van der Waals surface area (Å²) in [7, 11) is 0. The summed E-state index contributed by atoms with van der Waals surface area (Å²) in [6.45, 7) is 4.35. The van der Waals surface area contributed by atoms with Crippen molar-refractivity contribution in [1.82, 2.24) is 10.3 Å². The number of hydrogen-bond acceptors (Lipinski definition) is 3. The highest BCUT2D eigenvalue weighted by atomic mass is 16.1. The van der Waals surface area contributed by atoms with Crippen molar-refractivity contribution in [3.8, 4) is 0 Å². The van der Waals surface area contributed by atoms with E-state index in [-0.39, 0.29) is 5.91 Å².